The highest BCUT2D eigenvalue weighted by molar-refractivity contribution is 9.10. The van der Waals surface area contributed by atoms with Gasteiger partial charge in [0.05, 0.1) is 51.2 Å². The van der Waals surface area contributed by atoms with Crippen molar-refractivity contribution in [2.24, 2.45) is 9.98 Å². The van der Waals surface area contributed by atoms with Crippen molar-refractivity contribution >= 4 is 66.5 Å². The summed E-state index contributed by atoms with van der Waals surface area (Å²) < 4.78 is 23.5. The van der Waals surface area contributed by atoms with Crippen molar-refractivity contribution in [2.45, 2.75) is 6.92 Å². The maximum atomic E-state index is 12.5. The Labute approximate surface area is 296 Å². The molecule has 0 unspecified atom stereocenters. The van der Waals surface area contributed by atoms with E-state index in [2.05, 4.69) is 47.2 Å². The van der Waals surface area contributed by atoms with E-state index in [-0.39, 0.29) is 24.9 Å². The molecule has 4 aromatic carbocycles. The fourth-order valence-corrected chi connectivity index (χ4v) is 6.25. The minimum atomic E-state index is -0.163. The maximum Gasteiger partial charge on any atom is 0.248 e. The van der Waals surface area contributed by atoms with Crippen molar-refractivity contribution in [3.63, 3.8) is 0 Å². The highest BCUT2D eigenvalue weighted by atomic mass is 79.9. The van der Waals surface area contributed by atoms with Crippen molar-refractivity contribution in [3.8, 4) is 23.0 Å². The fraction of sp³-hybridized carbons (Fsp3) is 0.222. The number of carbonyl (C=O) groups is 2. The van der Waals surface area contributed by atoms with Gasteiger partial charge in [-0.1, -0.05) is 56.1 Å². The average molecular weight is 778 g/mol. The summed E-state index contributed by atoms with van der Waals surface area (Å²) in [6.45, 7) is 2.68. The molecule has 0 saturated carbocycles. The van der Waals surface area contributed by atoms with Crippen molar-refractivity contribution in [1.82, 2.24) is 0 Å². The summed E-state index contributed by atoms with van der Waals surface area (Å²) in [5.74, 6) is 2.13. The standard InChI is InChI=1S/C19H19BrN2O3.C17H15BrN2O3/c1-4-22-15-10-17(25-3)16(24-2)9-14(15)19(21-11-18(22)23)12-6-5-7-13(20)8-12;1-22-14-7-12-13(8-15(14)23-2)20-16(21)9-19-17(12)10-4-3-5-11(18)6-10/h5-10H,4,11H2,1-3H3;3-8H,9H2,1-2H3,(H,20,21). The first-order valence-corrected chi connectivity index (χ1v) is 16.5. The molecule has 0 aliphatic carbocycles. The number of ether oxygens (including phenoxy) is 4. The second-order valence-electron chi connectivity index (χ2n) is 10.5. The first kappa shape index (κ1) is 34.6. The minimum absolute atomic E-state index is 0.0408. The molecule has 0 bridgehead atoms. The van der Waals surface area contributed by atoms with E-state index >= 15 is 0 Å². The van der Waals surface area contributed by atoms with E-state index in [0.717, 1.165) is 48.3 Å². The van der Waals surface area contributed by atoms with Crippen LogP contribution in [-0.4, -0.2) is 71.3 Å². The summed E-state index contributed by atoms with van der Waals surface area (Å²) in [7, 11) is 6.32. The Morgan fingerprint density at radius 2 is 1.19 bits per heavy atom. The molecule has 4 aromatic rings. The van der Waals surface area contributed by atoms with Gasteiger partial charge in [-0.15, -0.1) is 0 Å². The number of anilines is 2. The molecule has 10 nitrogen and oxygen atoms in total. The van der Waals surface area contributed by atoms with E-state index in [1.807, 2.05) is 73.7 Å². The van der Waals surface area contributed by atoms with Crippen molar-refractivity contribution in [2.75, 3.05) is 58.3 Å². The first-order chi connectivity index (χ1) is 23.2. The number of aliphatic imine (C=N–C) groups is 2. The lowest BCUT2D eigenvalue weighted by molar-refractivity contribution is -0.117. The third kappa shape index (κ3) is 7.39. The lowest BCUT2D eigenvalue weighted by Crippen LogP contribution is -2.32. The number of nitrogens with one attached hydrogen (secondary N) is 1. The zero-order valence-electron chi connectivity index (χ0n) is 27.1. The topological polar surface area (TPSA) is 111 Å². The van der Waals surface area contributed by atoms with E-state index in [9.17, 15) is 9.59 Å². The van der Waals surface area contributed by atoms with Crippen molar-refractivity contribution in [3.05, 3.63) is 104 Å². The number of hydrogen-bond acceptors (Lipinski definition) is 8. The number of methoxy groups -OCH3 is 4. The minimum Gasteiger partial charge on any atom is -0.493 e. The molecule has 0 fully saturated rings. The Morgan fingerprint density at radius 1 is 0.688 bits per heavy atom. The molecule has 2 amide bonds. The molecule has 2 heterocycles. The molecule has 0 aromatic heterocycles. The van der Waals surface area contributed by atoms with Crippen LogP contribution in [0.15, 0.2) is 91.7 Å². The summed E-state index contributed by atoms with van der Waals surface area (Å²) in [6.07, 6.45) is 0. The molecule has 0 saturated heterocycles. The Kier molecular flexibility index (Phi) is 11.2. The van der Waals surface area contributed by atoms with Crippen LogP contribution in [0.4, 0.5) is 11.4 Å². The Hall–Kier alpha value is -4.68. The number of benzodiazepines with no additional fused rings is 2. The molecular weight excluding hydrogens is 744 g/mol. The fourth-order valence-electron chi connectivity index (χ4n) is 5.45. The number of benzene rings is 4. The van der Waals surface area contributed by atoms with Crippen LogP contribution in [0, 0.1) is 0 Å². The highest BCUT2D eigenvalue weighted by Crippen LogP contribution is 2.38. The average Bonchev–Trinajstić information content (AvgIpc) is 3.34. The van der Waals surface area contributed by atoms with E-state index in [1.165, 1.54) is 0 Å². The normalized spacial score (nSPS) is 13.7. The molecule has 248 valence electrons. The van der Waals surface area contributed by atoms with Crippen LogP contribution in [0.5, 0.6) is 23.0 Å². The molecular formula is C36H34Br2N4O6. The van der Waals surface area contributed by atoms with Gasteiger partial charge in [-0.2, -0.15) is 0 Å². The second-order valence-corrected chi connectivity index (χ2v) is 12.3. The van der Waals surface area contributed by atoms with E-state index in [0.29, 0.717) is 35.2 Å². The number of halogens is 2. The quantitative estimate of drug-likeness (QED) is 0.218. The Bertz CT molecular complexity index is 1930. The van der Waals surface area contributed by atoms with Gasteiger partial charge in [0.2, 0.25) is 11.8 Å². The van der Waals surface area contributed by atoms with Crippen molar-refractivity contribution < 1.29 is 28.5 Å². The molecule has 0 radical (unpaired) electrons. The van der Waals surface area contributed by atoms with Gasteiger partial charge >= 0.3 is 0 Å². The first-order valence-electron chi connectivity index (χ1n) is 14.9. The zero-order valence-corrected chi connectivity index (χ0v) is 30.3. The summed E-state index contributed by atoms with van der Waals surface area (Å²) in [5, 5.41) is 2.86. The summed E-state index contributed by atoms with van der Waals surface area (Å²) in [5.41, 5.74) is 6.44. The predicted octanol–water partition coefficient (Wildman–Crippen LogP) is 6.93. The predicted molar refractivity (Wildman–Crippen MR) is 195 cm³/mol. The van der Waals surface area contributed by atoms with Crippen LogP contribution in [-0.2, 0) is 9.59 Å². The van der Waals surface area contributed by atoms with Crippen LogP contribution < -0.4 is 29.2 Å². The molecule has 2 aliphatic rings. The van der Waals surface area contributed by atoms with Crippen LogP contribution in [0.1, 0.15) is 29.2 Å². The number of likely N-dealkylation sites (N-methyl/N-ethyl adjacent to an activating group) is 1. The second kappa shape index (κ2) is 15.5. The van der Waals surface area contributed by atoms with Gasteiger partial charge in [0.25, 0.3) is 0 Å². The molecule has 0 spiro atoms. The lowest BCUT2D eigenvalue weighted by atomic mass is 9.99. The number of amides is 2. The summed E-state index contributed by atoms with van der Waals surface area (Å²) in [4.78, 5) is 35.3. The molecule has 48 heavy (non-hydrogen) atoms. The number of nitrogens with zero attached hydrogens (tertiary/aromatic N) is 3. The Morgan fingerprint density at radius 3 is 1.73 bits per heavy atom. The largest absolute Gasteiger partial charge is 0.493 e. The van der Waals surface area contributed by atoms with Crippen LogP contribution in [0.3, 0.4) is 0 Å². The monoisotopic (exact) mass is 776 g/mol. The molecule has 2 aliphatic heterocycles. The smallest absolute Gasteiger partial charge is 0.248 e. The highest BCUT2D eigenvalue weighted by Gasteiger charge is 2.27. The van der Waals surface area contributed by atoms with Gasteiger partial charge < -0.3 is 29.2 Å². The van der Waals surface area contributed by atoms with Gasteiger partial charge in [0.1, 0.15) is 13.1 Å². The van der Waals surface area contributed by atoms with Gasteiger partial charge in [-0.05, 0) is 43.3 Å². The van der Waals surface area contributed by atoms with Crippen LogP contribution in [0.25, 0.3) is 0 Å². The van der Waals surface area contributed by atoms with Gasteiger partial charge in [-0.25, -0.2) is 0 Å². The van der Waals surface area contributed by atoms with E-state index in [1.54, 1.807) is 39.4 Å². The summed E-state index contributed by atoms with van der Waals surface area (Å²) in [6, 6.07) is 23.0. The third-order valence-electron chi connectivity index (χ3n) is 7.67. The van der Waals surface area contributed by atoms with Crippen LogP contribution >= 0.6 is 31.9 Å². The van der Waals surface area contributed by atoms with E-state index < -0.39 is 0 Å². The van der Waals surface area contributed by atoms with Crippen LogP contribution in [0.2, 0.25) is 0 Å². The Balaban J connectivity index is 0.000000188. The van der Waals surface area contributed by atoms with Crippen molar-refractivity contribution in [1.29, 1.82) is 0 Å². The maximum absolute atomic E-state index is 12.5. The number of carbonyl (C=O) groups excluding carboxylic acids is 2. The van der Waals surface area contributed by atoms with Gasteiger partial charge in [0.15, 0.2) is 23.0 Å². The molecule has 0 atom stereocenters. The molecule has 12 heteroatoms. The lowest BCUT2D eigenvalue weighted by Gasteiger charge is -2.23. The summed E-state index contributed by atoms with van der Waals surface area (Å²) >= 11 is 6.97. The number of hydrogen-bond donors (Lipinski definition) is 1. The molecule has 6 rings (SSSR count). The van der Waals surface area contributed by atoms with Gasteiger partial charge in [0, 0.05) is 49.9 Å². The van der Waals surface area contributed by atoms with E-state index in [4.69, 9.17) is 18.9 Å². The SMILES string of the molecule is CCN1C(=O)CN=C(c2cccc(Br)c2)c2cc(OC)c(OC)cc21.COc1cc2c(cc1OC)C(c1cccc(Br)c1)=NCC(=O)N2. The zero-order chi connectivity index (χ0) is 34.4. The van der Waals surface area contributed by atoms with Gasteiger partial charge in [-0.3, -0.25) is 19.6 Å². The number of rotatable bonds is 7. The molecule has 1 N–H and O–H groups in total. The third-order valence-corrected chi connectivity index (χ3v) is 8.65. The number of fused-ring (bicyclic) bond motifs is 2.